The van der Waals surface area contributed by atoms with Gasteiger partial charge in [0.25, 0.3) is 5.91 Å². The van der Waals surface area contributed by atoms with Crippen LogP contribution in [0.25, 0.3) is 0 Å². The number of aromatic nitrogens is 2. The Hall–Kier alpha value is -2.43. The fourth-order valence-corrected chi connectivity index (χ4v) is 1.88. The van der Waals surface area contributed by atoms with Crippen molar-refractivity contribution in [2.24, 2.45) is 0 Å². The lowest BCUT2D eigenvalue weighted by Crippen LogP contribution is -2.22. The second-order valence-electron chi connectivity index (χ2n) is 4.78. The van der Waals surface area contributed by atoms with Crippen LogP contribution >= 0.6 is 0 Å². The molecule has 2 rings (SSSR count). The normalized spacial score (nSPS) is 10.2. The monoisotopic (exact) mass is 284 g/mol. The van der Waals surface area contributed by atoms with Crippen LogP contribution in [0.4, 0.5) is 5.82 Å². The Bertz CT molecular complexity index is 578. The summed E-state index contributed by atoms with van der Waals surface area (Å²) in [6.45, 7) is 5.26. The Morgan fingerprint density at radius 2 is 2.00 bits per heavy atom. The van der Waals surface area contributed by atoms with E-state index >= 15 is 0 Å². The molecule has 0 spiro atoms. The summed E-state index contributed by atoms with van der Waals surface area (Å²) in [5, 5.41) is 5.98. The van der Waals surface area contributed by atoms with Crippen molar-refractivity contribution in [3.05, 3.63) is 53.5 Å². The maximum absolute atomic E-state index is 11.6. The third-order valence-corrected chi connectivity index (χ3v) is 3.06. The SMILES string of the molecule is CCNC(=O)c1ccc(NCCc2ccc(C)nc2)nc1. The molecule has 5 nitrogen and oxygen atoms in total. The Balaban J connectivity index is 1.83. The molecule has 0 radical (unpaired) electrons. The van der Waals surface area contributed by atoms with Crippen molar-refractivity contribution in [2.45, 2.75) is 20.3 Å². The fourth-order valence-electron chi connectivity index (χ4n) is 1.88. The molecule has 0 aliphatic carbocycles. The van der Waals surface area contributed by atoms with E-state index in [9.17, 15) is 4.79 Å². The molecule has 1 amide bonds. The van der Waals surface area contributed by atoms with Crippen LogP contribution in [-0.2, 0) is 6.42 Å². The van der Waals surface area contributed by atoms with Crippen LogP contribution in [0.2, 0.25) is 0 Å². The van der Waals surface area contributed by atoms with Crippen LogP contribution in [-0.4, -0.2) is 29.0 Å². The first-order valence-corrected chi connectivity index (χ1v) is 7.08. The quantitative estimate of drug-likeness (QED) is 0.853. The molecular formula is C16H20N4O. The van der Waals surface area contributed by atoms with Crippen LogP contribution in [0.5, 0.6) is 0 Å². The van der Waals surface area contributed by atoms with Crippen LogP contribution < -0.4 is 10.6 Å². The van der Waals surface area contributed by atoms with Gasteiger partial charge in [0, 0.05) is 31.2 Å². The molecule has 0 fully saturated rings. The first kappa shape index (κ1) is 15.0. The fraction of sp³-hybridized carbons (Fsp3) is 0.312. The van der Waals surface area contributed by atoms with E-state index < -0.39 is 0 Å². The minimum atomic E-state index is -0.0951. The zero-order chi connectivity index (χ0) is 15.1. The van der Waals surface area contributed by atoms with Gasteiger partial charge in [0.15, 0.2) is 0 Å². The maximum Gasteiger partial charge on any atom is 0.252 e. The van der Waals surface area contributed by atoms with Crippen LogP contribution in [0, 0.1) is 6.92 Å². The number of rotatable bonds is 6. The molecule has 0 aliphatic heterocycles. The van der Waals surface area contributed by atoms with Gasteiger partial charge >= 0.3 is 0 Å². The number of hydrogen-bond acceptors (Lipinski definition) is 4. The topological polar surface area (TPSA) is 66.9 Å². The Morgan fingerprint density at radius 1 is 1.14 bits per heavy atom. The Kier molecular flexibility index (Phi) is 5.26. The highest BCUT2D eigenvalue weighted by Gasteiger charge is 2.04. The molecule has 0 bridgehead atoms. The average molecular weight is 284 g/mol. The number of hydrogen-bond donors (Lipinski definition) is 2. The Morgan fingerprint density at radius 3 is 2.62 bits per heavy atom. The van der Waals surface area contributed by atoms with Gasteiger partial charge in [0.2, 0.25) is 0 Å². The van der Waals surface area contributed by atoms with Gasteiger partial charge in [-0.15, -0.1) is 0 Å². The minimum absolute atomic E-state index is 0.0951. The summed E-state index contributed by atoms with van der Waals surface area (Å²) in [4.78, 5) is 20.1. The molecule has 21 heavy (non-hydrogen) atoms. The van der Waals surface area contributed by atoms with E-state index in [2.05, 4.69) is 26.7 Å². The number of carbonyl (C=O) groups is 1. The number of aryl methyl sites for hydroxylation is 1. The van der Waals surface area contributed by atoms with E-state index in [0.29, 0.717) is 12.1 Å². The number of amides is 1. The van der Waals surface area contributed by atoms with Crippen molar-refractivity contribution in [1.82, 2.24) is 15.3 Å². The van der Waals surface area contributed by atoms with E-state index in [-0.39, 0.29) is 5.91 Å². The second kappa shape index (κ2) is 7.38. The minimum Gasteiger partial charge on any atom is -0.370 e. The number of anilines is 1. The molecule has 0 unspecified atom stereocenters. The highest BCUT2D eigenvalue weighted by molar-refractivity contribution is 5.93. The van der Waals surface area contributed by atoms with Gasteiger partial charge in [0.1, 0.15) is 5.82 Å². The van der Waals surface area contributed by atoms with Crippen LogP contribution in [0.1, 0.15) is 28.5 Å². The molecule has 0 saturated carbocycles. The average Bonchev–Trinajstić information content (AvgIpc) is 2.50. The predicted octanol–water partition coefficient (Wildman–Crippen LogP) is 2.19. The van der Waals surface area contributed by atoms with Crippen molar-refractivity contribution in [1.29, 1.82) is 0 Å². The van der Waals surface area contributed by atoms with Gasteiger partial charge in [-0.2, -0.15) is 0 Å². The molecule has 0 atom stereocenters. The summed E-state index contributed by atoms with van der Waals surface area (Å²) in [6, 6.07) is 7.68. The second-order valence-corrected chi connectivity index (χ2v) is 4.78. The van der Waals surface area contributed by atoms with Gasteiger partial charge in [0.05, 0.1) is 5.56 Å². The summed E-state index contributed by atoms with van der Waals surface area (Å²) in [5.74, 6) is 0.672. The summed E-state index contributed by atoms with van der Waals surface area (Å²) in [5.41, 5.74) is 2.78. The third kappa shape index (κ3) is 4.56. The lowest BCUT2D eigenvalue weighted by Gasteiger charge is -2.07. The van der Waals surface area contributed by atoms with Crippen LogP contribution in [0.3, 0.4) is 0 Å². The lowest BCUT2D eigenvalue weighted by molar-refractivity contribution is 0.0955. The smallest absolute Gasteiger partial charge is 0.252 e. The maximum atomic E-state index is 11.6. The van der Waals surface area contributed by atoms with E-state index in [1.807, 2.05) is 32.2 Å². The van der Waals surface area contributed by atoms with Gasteiger partial charge in [-0.25, -0.2) is 4.98 Å². The van der Waals surface area contributed by atoms with Crippen molar-refractivity contribution >= 4 is 11.7 Å². The number of carbonyl (C=O) groups excluding carboxylic acids is 1. The summed E-state index contributed by atoms with van der Waals surface area (Å²) in [6.07, 6.45) is 4.36. The standard InChI is InChI=1S/C16H20N4O/c1-3-17-16(21)14-6-7-15(20-11-14)18-9-8-13-5-4-12(2)19-10-13/h4-7,10-11H,3,8-9H2,1-2H3,(H,17,21)(H,18,20). The molecule has 2 aromatic rings. The highest BCUT2D eigenvalue weighted by atomic mass is 16.1. The molecule has 0 aliphatic rings. The molecule has 0 saturated heterocycles. The zero-order valence-corrected chi connectivity index (χ0v) is 12.4. The lowest BCUT2D eigenvalue weighted by atomic mass is 10.2. The van der Waals surface area contributed by atoms with Gasteiger partial charge in [-0.1, -0.05) is 6.07 Å². The van der Waals surface area contributed by atoms with E-state index in [0.717, 1.165) is 24.5 Å². The molecule has 2 N–H and O–H groups in total. The molecule has 5 heteroatoms. The van der Waals surface area contributed by atoms with Crippen LogP contribution in [0.15, 0.2) is 36.7 Å². The van der Waals surface area contributed by atoms with Crippen molar-refractivity contribution in [3.8, 4) is 0 Å². The summed E-state index contributed by atoms with van der Waals surface area (Å²) >= 11 is 0. The predicted molar refractivity (Wildman–Crippen MR) is 83.4 cm³/mol. The third-order valence-electron chi connectivity index (χ3n) is 3.06. The molecular weight excluding hydrogens is 264 g/mol. The highest BCUT2D eigenvalue weighted by Crippen LogP contribution is 2.06. The van der Waals surface area contributed by atoms with Crippen molar-refractivity contribution in [2.75, 3.05) is 18.4 Å². The largest absolute Gasteiger partial charge is 0.370 e. The van der Waals surface area contributed by atoms with Crippen molar-refractivity contribution < 1.29 is 4.79 Å². The first-order chi connectivity index (χ1) is 10.2. The molecule has 110 valence electrons. The molecule has 2 aromatic heterocycles. The molecule has 0 aromatic carbocycles. The van der Waals surface area contributed by atoms with Crippen molar-refractivity contribution in [3.63, 3.8) is 0 Å². The summed E-state index contributed by atoms with van der Waals surface area (Å²) in [7, 11) is 0. The van der Waals surface area contributed by atoms with Gasteiger partial charge < -0.3 is 10.6 Å². The zero-order valence-electron chi connectivity index (χ0n) is 12.4. The van der Waals surface area contributed by atoms with E-state index in [1.54, 1.807) is 12.3 Å². The summed E-state index contributed by atoms with van der Waals surface area (Å²) < 4.78 is 0. The van der Waals surface area contributed by atoms with E-state index in [4.69, 9.17) is 0 Å². The Labute approximate surface area is 124 Å². The number of nitrogens with zero attached hydrogens (tertiary/aromatic N) is 2. The van der Waals surface area contributed by atoms with Gasteiger partial charge in [-0.05, 0) is 44.0 Å². The molecule has 2 heterocycles. The number of pyridine rings is 2. The number of nitrogens with one attached hydrogen (secondary N) is 2. The van der Waals surface area contributed by atoms with E-state index in [1.165, 1.54) is 5.56 Å². The first-order valence-electron chi connectivity index (χ1n) is 7.08. The van der Waals surface area contributed by atoms with Gasteiger partial charge in [-0.3, -0.25) is 9.78 Å².